The molecular weight excluding hydrogens is 314 g/mol. The molecule has 0 radical (unpaired) electrons. The summed E-state index contributed by atoms with van der Waals surface area (Å²) in [5.74, 6) is 0.778. The lowest BCUT2D eigenvalue weighted by molar-refractivity contribution is -0.659. The molecule has 1 saturated heterocycles. The Morgan fingerprint density at radius 2 is 2.04 bits per heavy atom. The third-order valence-electron chi connectivity index (χ3n) is 3.64. The average molecular weight is 340 g/mol. The van der Waals surface area contributed by atoms with Gasteiger partial charge in [0.1, 0.15) is 30.8 Å². The number of nitrogens with one attached hydrogen (secondary N) is 1. The second-order valence-corrected chi connectivity index (χ2v) is 5.60. The van der Waals surface area contributed by atoms with Crippen LogP contribution in [0.25, 0.3) is 0 Å². The van der Waals surface area contributed by atoms with Gasteiger partial charge in [0.2, 0.25) is 0 Å². The SMILES string of the molecule is O=C(NCC[NH2+]C[C@@H](O)COc1ccc(O)cc1)N1CCOCC1. The molecule has 2 rings (SSSR count). The second kappa shape index (κ2) is 9.96. The molecule has 8 nitrogen and oxygen atoms in total. The van der Waals surface area contributed by atoms with E-state index >= 15 is 0 Å². The zero-order valence-electron chi connectivity index (χ0n) is 13.7. The van der Waals surface area contributed by atoms with Gasteiger partial charge in [-0.15, -0.1) is 0 Å². The number of quaternary nitrogens is 1. The van der Waals surface area contributed by atoms with Crippen molar-refractivity contribution in [3.8, 4) is 11.5 Å². The van der Waals surface area contributed by atoms with Crippen LogP contribution in [0, 0.1) is 0 Å². The number of carbonyl (C=O) groups is 1. The largest absolute Gasteiger partial charge is 0.508 e. The summed E-state index contributed by atoms with van der Waals surface area (Å²) in [7, 11) is 0. The first kappa shape index (κ1) is 18.3. The fraction of sp³-hybridized carbons (Fsp3) is 0.562. The van der Waals surface area contributed by atoms with Crippen molar-refractivity contribution in [3.05, 3.63) is 24.3 Å². The third kappa shape index (κ3) is 6.61. The number of phenolic OH excluding ortho intramolecular Hbond substituents is 1. The average Bonchev–Trinajstić information content (AvgIpc) is 2.61. The predicted octanol–water partition coefficient (Wildman–Crippen LogP) is -1.26. The zero-order chi connectivity index (χ0) is 17.2. The zero-order valence-corrected chi connectivity index (χ0v) is 13.7. The molecular formula is C16H26N3O5+. The number of aromatic hydroxyl groups is 1. The van der Waals surface area contributed by atoms with E-state index in [1.165, 1.54) is 12.1 Å². The molecule has 0 bridgehead atoms. The Hall–Kier alpha value is -2.03. The normalized spacial score (nSPS) is 15.8. The first-order chi connectivity index (χ1) is 11.6. The highest BCUT2D eigenvalue weighted by atomic mass is 16.5. The van der Waals surface area contributed by atoms with Crippen molar-refractivity contribution in [2.24, 2.45) is 0 Å². The van der Waals surface area contributed by atoms with Crippen molar-refractivity contribution in [2.75, 3.05) is 52.5 Å². The monoisotopic (exact) mass is 340 g/mol. The number of nitrogens with zero attached hydrogens (tertiary/aromatic N) is 1. The van der Waals surface area contributed by atoms with Gasteiger partial charge in [0.15, 0.2) is 0 Å². The van der Waals surface area contributed by atoms with E-state index in [0.717, 1.165) is 0 Å². The number of amides is 2. The number of benzene rings is 1. The van der Waals surface area contributed by atoms with Gasteiger partial charge in [-0.05, 0) is 24.3 Å². The van der Waals surface area contributed by atoms with Gasteiger partial charge >= 0.3 is 6.03 Å². The molecule has 0 aliphatic carbocycles. The number of morpholine rings is 1. The molecule has 1 heterocycles. The number of aliphatic hydroxyl groups is 1. The van der Waals surface area contributed by atoms with Gasteiger partial charge in [0, 0.05) is 13.1 Å². The summed E-state index contributed by atoms with van der Waals surface area (Å²) >= 11 is 0. The maximum Gasteiger partial charge on any atom is 0.317 e. The van der Waals surface area contributed by atoms with Crippen LogP contribution in [0.3, 0.4) is 0 Å². The maximum absolute atomic E-state index is 11.8. The summed E-state index contributed by atoms with van der Waals surface area (Å²) in [6.45, 7) is 4.34. The number of carbonyl (C=O) groups excluding carboxylic acids is 1. The number of rotatable bonds is 8. The molecule has 1 aromatic carbocycles. The summed E-state index contributed by atoms with van der Waals surface area (Å²) in [5, 5.41) is 23.8. The maximum atomic E-state index is 11.8. The van der Waals surface area contributed by atoms with Gasteiger partial charge in [-0.25, -0.2) is 4.79 Å². The molecule has 0 saturated carbocycles. The Bertz CT molecular complexity index is 491. The summed E-state index contributed by atoms with van der Waals surface area (Å²) < 4.78 is 10.6. The lowest BCUT2D eigenvalue weighted by atomic mass is 10.3. The molecule has 1 atom stereocenters. The number of aliphatic hydroxyl groups excluding tert-OH is 1. The second-order valence-electron chi connectivity index (χ2n) is 5.60. The van der Waals surface area contributed by atoms with Crippen molar-refractivity contribution in [1.82, 2.24) is 10.2 Å². The van der Waals surface area contributed by atoms with E-state index in [-0.39, 0.29) is 18.4 Å². The standard InChI is InChI=1S/C16H25N3O5/c20-13-1-3-15(4-2-13)24-12-14(21)11-17-5-6-18-16(22)19-7-9-23-10-8-19/h1-4,14,17,20-21H,5-12H2,(H,18,22)/p+1/t14-/m1/s1. The van der Waals surface area contributed by atoms with Crippen molar-refractivity contribution in [3.63, 3.8) is 0 Å². The lowest BCUT2D eigenvalue weighted by Crippen LogP contribution is -2.88. The van der Waals surface area contributed by atoms with Crippen LogP contribution in [0.5, 0.6) is 11.5 Å². The predicted molar refractivity (Wildman–Crippen MR) is 87.1 cm³/mol. The summed E-state index contributed by atoms with van der Waals surface area (Å²) in [5.41, 5.74) is 0. The lowest BCUT2D eigenvalue weighted by Gasteiger charge is -2.26. The molecule has 5 N–H and O–H groups in total. The number of urea groups is 1. The van der Waals surface area contributed by atoms with Crippen LogP contribution in [0.2, 0.25) is 0 Å². The minimum Gasteiger partial charge on any atom is -0.508 e. The van der Waals surface area contributed by atoms with Crippen molar-refractivity contribution in [2.45, 2.75) is 6.10 Å². The minimum atomic E-state index is -0.603. The Morgan fingerprint density at radius 3 is 2.75 bits per heavy atom. The highest BCUT2D eigenvalue weighted by molar-refractivity contribution is 5.74. The molecule has 1 aliphatic rings. The van der Waals surface area contributed by atoms with Crippen molar-refractivity contribution >= 4 is 6.03 Å². The highest BCUT2D eigenvalue weighted by Crippen LogP contribution is 2.15. The Kier molecular flexibility index (Phi) is 7.60. The highest BCUT2D eigenvalue weighted by Gasteiger charge is 2.16. The Labute approximate surface area is 141 Å². The van der Waals surface area contributed by atoms with Gasteiger partial charge in [-0.2, -0.15) is 0 Å². The quantitative estimate of drug-likeness (QED) is 0.442. The molecule has 134 valence electrons. The van der Waals surface area contributed by atoms with E-state index < -0.39 is 6.10 Å². The fourth-order valence-corrected chi connectivity index (χ4v) is 2.27. The number of nitrogens with two attached hydrogens (primary N) is 1. The van der Waals surface area contributed by atoms with Gasteiger partial charge < -0.3 is 35.2 Å². The van der Waals surface area contributed by atoms with Gasteiger partial charge in [0.25, 0.3) is 0 Å². The molecule has 2 amide bonds. The molecule has 1 aliphatic heterocycles. The summed E-state index contributed by atoms with van der Waals surface area (Å²) in [4.78, 5) is 13.6. The summed E-state index contributed by atoms with van der Waals surface area (Å²) in [6.07, 6.45) is -0.603. The van der Waals surface area contributed by atoms with Gasteiger partial charge in [-0.3, -0.25) is 0 Å². The molecule has 0 spiro atoms. The first-order valence-corrected chi connectivity index (χ1v) is 8.17. The number of hydrogen-bond acceptors (Lipinski definition) is 5. The van der Waals surface area contributed by atoms with E-state index in [4.69, 9.17) is 9.47 Å². The van der Waals surface area contributed by atoms with E-state index in [2.05, 4.69) is 5.32 Å². The van der Waals surface area contributed by atoms with Crippen molar-refractivity contribution in [1.29, 1.82) is 0 Å². The molecule has 1 fully saturated rings. The van der Waals surface area contributed by atoms with Crippen LogP contribution in [0.1, 0.15) is 0 Å². The van der Waals surface area contributed by atoms with Gasteiger partial charge in [0.05, 0.1) is 26.3 Å². The fourth-order valence-electron chi connectivity index (χ4n) is 2.27. The molecule has 8 heteroatoms. The van der Waals surface area contributed by atoms with Crippen LogP contribution >= 0.6 is 0 Å². The van der Waals surface area contributed by atoms with Crippen LogP contribution in [0.15, 0.2) is 24.3 Å². The van der Waals surface area contributed by atoms with E-state index in [1.807, 2.05) is 5.32 Å². The third-order valence-corrected chi connectivity index (χ3v) is 3.64. The molecule has 0 aromatic heterocycles. The van der Waals surface area contributed by atoms with Crippen molar-refractivity contribution < 1.29 is 29.8 Å². The van der Waals surface area contributed by atoms with Crippen LogP contribution in [0.4, 0.5) is 4.79 Å². The van der Waals surface area contributed by atoms with E-state index in [0.29, 0.717) is 51.7 Å². The first-order valence-electron chi connectivity index (χ1n) is 8.17. The van der Waals surface area contributed by atoms with Crippen LogP contribution in [-0.4, -0.2) is 79.8 Å². The van der Waals surface area contributed by atoms with Crippen LogP contribution < -0.4 is 15.4 Å². The number of ether oxygens (including phenoxy) is 2. The van der Waals surface area contributed by atoms with Gasteiger partial charge in [-0.1, -0.05) is 0 Å². The van der Waals surface area contributed by atoms with E-state index in [1.54, 1.807) is 17.0 Å². The Balaban J connectivity index is 1.50. The van der Waals surface area contributed by atoms with Crippen LogP contribution in [-0.2, 0) is 4.74 Å². The molecule has 1 aromatic rings. The number of hydrogen-bond donors (Lipinski definition) is 4. The Morgan fingerprint density at radius 1 is 1.33 bits per heavy atom. The molecule has 0 unspecified atom stereocenters. The van der Waals surface area contributed by atoms with E-state index in [9.17, 15) is 15.0 Å². The molecule has 24 heavy (non-hydrogen) atoms. The number of phenols is 1. The smallest absolute Gasteiger partial charge is 0.317 e. The topological polar surface area (TPSA) is 108 Å². The summed E-state index contributed by atoms with van der Waals surface area (Å²) in [6, 6.07) is 6.29. The minimum absolute atomic E-state index is 0.0667.